The van der Waals surface area contributed by atoms with Crippen LogP contribution in [0, 0.1) is 10.1 Å². The average Bonchev–Trinajstić information content (AvgIpc) is 2.61. The van der Waals surface area contributed by atoms with Gasteiger partial charge in [-0.3, -0.25) is 14.9 Å². The van der Waals surface area contributed by atoms with Gasteiger partial charge in [-0.2, -0.15) is 5.10 Å². The smallest absolute Gasteiger partial charge is 0.359 e. The summed E-state index contributed by atoms with van der Waals surface area (Å²) in [6.07, 6.45) is 0. The molecule has 1 aliphatic rings. The molecule has 0 saturated carbocycles. The molecular weight excluding hydrogens is 334 g/mol. The largest absolute Gasteiger partial charge is 0.467 e. The van der Waals surface area contributed by atoms with Crippen molar-refractivity contribution in [2.75, 3.05) is 6.79 Å². The first-order valence-electron chi connectivity index (χ1n) is 7.18. The molecule has 0 N–H and O–H groups in total. The van der Waals surface area contributed by atoms with Crippen molar-refractivity contribution in [1.82, 2.24) is 9.78 Å². The number of hydrogen-bond donors (Lipinski definition) is 0. The van der Waals surface area contributed by atoms with Gasteiger partial charge in [0.05, 0.1) is 11.5 Å². The van der Waals surface area contributed by atoms with Gasteiger partial charge < -0.3 is 14.2 Å². The van der Waals surface area contributed by atoms with Gasteiger partial charge in [-0.25, -0.2) is 9.48 Å². The number of benzene rings is 1. The molecule has 1 aromatic heterocycles. The van der Waals surface area contributed by atoms with Crippen LogP contribution in [-0.2, 0) is 29.7 Å². The highest BCUT2D eigenvalue weighted by molar-refractivity contribution is 5.86. The molecule has 10 heteroatoms. The number of hydrogen-bond acceptors (Lipinski definition) is 8. The molecule has 25 heavy (non-hydrogen) atoms. The van der Waals surface area contributed by atoms with Crippen molar-refractivity contribution in [1.29, 1.82) is 0 Å². The third-order valence-electron chi connectivity index (χ3n) is 3.51. The van der Waals surface area contributed by atoms with Gasteiger partial charge in [0, 0.05) is 36.4 Å². The molecule has 0 spiro atoms. The highest BCUT2D eigenvalue weighted by Gasteiger charge is 2.22. The van der Waals surface area contributed by atoms with E-state index in [1.807, 2.05) is 0 Å². The van der Waals surface area contributed by atoms with Crippen molar-refractivity contribution in [2.45, 2.75) is 13.2 Å². The predicted octanol–water partition coefficient (Wildman–Crippen LogP) is 0.912. The predicted molar refractivity (Wildman–Crippen MR) is 82.0 cm³/mol. The number of aromatic nitrogens is 2. The first-order chi connectivity index (χ1) is 12.0. The Morgan fingerprint density at radius 3 is 2.96 bits per heavy atom. The fraction of sp³-hybridized carbons (Fsp3) is 0.267. The molecule has 0 bridgehead atoms. The zero-order valence-electron chi connectivity index (χ0n) is 13.1. The minimum atomic E-state index is -0.761. The highest BCUT2D eigenvalue weighted by atomic mass is 16.7. The maximum absolute atomic E-state index is 12.1. The number of nitrogens with zero attached hydrogens (tertiary/aromatic N) is 3. The molecule has 0 saturated heterocycles. The van der Waals surface area contributed by atoms with E-state index in [4.69, 9.17) is 14.2 Å². The molecule has 0 atom stereocenters. The minimum Gasteiger partial charge on any atom is -0.467 e. The van der Waals surface area contributed by atoms with Gasteiger partial charge in [-0.1, -0.05) is 0 Å². The monoisotopic (exact) mass is 347 g/mol. The summed E-state index contributed by atoms with van der Waals surface area (Å²) in [5.74, 6) is -0.360. The van der Waals surface area contributed by atoms with Crippen LogP contribution >= 0.6 is 0 Å². The number of nitro groups is 1. The van der Waals surface area contributed by atoms with Crippen molar-refractivity contribution < 1.29 is 23.9 Å². The summed E-state index contributed by atoms with van der Waals surface area (Å²) < 4.78 is 16.6. The third kappa shape index (κ3) is 3.48. The number of non-ortho nitro benzene ring substituents is 1. The molecule has 130 valence electrons. The summed E-state index contributed by atoms with van der Waals surface area (Å²) in [5, 5.41) is 14.8. The molecule has 3 rings (SSSR count). The van der Waals surface area contributed by atoms with E-state index >= 15 is 0 Å². The van der Waals surface area contributed by atoms with Crippen molar-refractivity contribution in [2.24, 2.45) is 7.05 Å². The van der Waals surface area contributed by atoms with E-state index in [1.54, 1.807) is 0 Å². The fourth-order valence-electron chi connectivity index (χ4n) is 2.32. The van der Waals surface area contributed by atoms with Crippen molar-refractivity contribution in [3.63, 3.8) is 0 Å². The number of nitro benzene ring substituents is 1. The van der Waals surface area contributed by atoms with Crippen LogP contribution in [0.5, 0.6) is 5.75 Å². The van der Waals surface area contributed by atoms with Gasteiger partial charge in [-0.05, 0) is 6.07 Å². The molecule has 10 nitrogen and oxygen atoms in total. The fourth-order valence-corrected chi connectivity index (χ4v) is 2.32. The van der Waals surface area contributed by atoms with E-state index in [0.29, 0.717) is 16.9 Å². The first-order valence-corrected chi connectivity index (χ1v) is 7.18. The Morgan fingerprint density at radius 2 is 2.24 bits per heavy atom. The van der Waals surface area contributed by atoms with E-state index in [1.165, 1.54) is 31.3 Å². The topological polar surface area (TPSA) is 123 Å². The van der Waals surface area contributed by atoms with Crippen LogP contribution in [0.4, 0.5) is 5.69 Å². The lowest BCUT2D eigenvalue weighted by molar-refractivity contribution is -0.385. The molecule has 2 heterocycles. The zero-order chi connectivity index (χ0) is 18.0. The molecular formula is C15H13N3O7. The van der Waals surface area contributed by atoms with E-state index in [-0.39, 0.29) is 36.9 Å². The van der Waals surface area contributed by atoms with Gasteiger partial charge in [0.15, 0.2) is 12.5 Å². The molecule has 0 unspecified atom stereocenters. The van der Waals surface area contributed by atoms with Gasteiger partial charge in [-0.15, -0.1) is 0 Å². The second-order valence-corrected chi connectivity index (χ2v) is 5.22. The Hall–Kier alpha value is -3.27. The quantitative estimate of drug-likeness (QED) is 0.454. The summed E-state index contributed by atoms with van der Waals surface area (Å²) >= 11 is 0. The molecule has 1 aromatic carbocycles. The first kappa shape index (κ1) is 16.6. The minimum absolute atomic E-state index is 0.00805. The Kier molecular flexibility index (Phi) is 4.44. The van der Waals surface area contributed by atoms with Crippen LogP contribution in [0.1, 0.15) is 21.6 Å². The number of carbonyl (C=O) groups is 1. The van der Waals surface area contributed by atoms with Gasteiger partial charge in [0.25, 0.3) is 11.2 Å². The van der Waals surface area contributed by atoms with E-state index in [0.717, 1.165) is 4.68 Å². The Bertz CT molecular complexity index is 906. The van der Waals surface area contributed by atoms with Crippen LogP contribution in [0.25, 0.3) is 0 Å². The number of fused-ring (bicyclic) bond motifs is 1. The number of carbonyl (C=O) groups excluding carboxylic acids is 1. The molecule has 1 aliphatic heterocycles. The molecule has 0 fully saturated rings. The number of esters is 1. The van der Waals surface area contributed by atoms with Gasteiger partial charge in [0.2, 0.25) is 0 Å². The average molecular weight is 347 g/mol. The van der Waals surface area contributed by atoms with Crippen LogP contribution in [0.3, 0.4) is 0 Å². The zero-order valence-corrected chi connectivity index (χ0v) is 13.1. The number of ether oxygens (including phenoxy) is 3. The summed E-state index contributed by atoms with van der Waals surface area (Å²) in [4.78, 5) is 33.9. The van der Waals surface area contributed by atoms with E-state index < -0.39 is 10.9 Å². The summed E-state index contributed by atoms with van der Waals surface area (Å²) in [7, 11) is 1.41. The van der Waals surface area contributed by atoms with Crippen molar-refractivity contribution in [3.05, 3.63) is 61.6 Å². The highest BCUT2D eigenvalue weighted by Crippen LogP contribution is 2.33. The lowest BCUT2D eigenvalue weighted by Gasteiger charge is -2.20. The van der Waals surface area contributed by atoms with E-state index in [2.05, 4.69) is 5.10 Å². The Morgan fingerprint density at radius 1 is 1.44 bits per heavy atom. The lowest BCUT2D eigenvalue weighted by Crippen LogP contribution is -2.22. The number of aryl methyl sites for hydroxylation is 1. The third-order valence-corrected chi connectivity index (χ3v) is 3.51. The molecule has 0 amide bonds. The molecule has 0 aliphatic carbocycles. The summed E-state index contributed by atoms with van der Waals surface area (Å²) in [6, 6.07) is 5.08. The van der Waals surface area contributed by atoms with E-state index in [9.17, 15) is 19.7 Å². The summed E-state index contributed by atoms with van der Waals surface area (Å²) in [6.45, 7) is -0.0677. The van der Waals surface area contributed by atoms with Crippen LogP contribution in [0.15, 0.2) is 29.1 Å². The standard InChI is InChI=1S/C15H13N3O7/c1-17-13(19)3-2-12(16-17)15(20)24-7-10-5-11(18(21)22)4-9-6-23-8-25-14(9)10/h2-5H,6-8H2,1H3. The van der Waals surface area contributed by atoms with Crippen LogP contribution < -0.4 is 10.3 Å². The summed E-state index contributed by atoms with van der Waals surface area (Å²) in [5.41, 5.74) is 0.292. The maximum atomic E-state index is 12.1. The second kappa shape index (κ2) is 6.69. The molecule has 2 aromatic rings. The van der Waals surface area contributed by atoms with Crippen LogP contribution in [0.2, 0.25) is 0 Å². The van der Waals surface area contributed by atoms with Gasteiger partial charge in [0.1, 0.15) is 12.4 Å². The number of rotatable bonds is 4. The normalized spacial score (nSPS) is 12.8. The van der Waals surface area contributed by atoms with Crippen LogP contribution in [-0.4, -0.2) is 27.5 Å². The van der Waals surface area contributed by atoms with Crippen molar-refractivity contribution >= 4 is 11.7 Å². The maximum Gasteiger partial charge on any atom is 0.359 e. The lowest BCUT2D eigenvalue weighted by atomic mass is 10.1. The second-order valence-electron chi connectivity index (χ2n) is 5.22. The Labute approximate surface area is 140 Å². The Balaban J connectivity index is 1.83. The van der Waals surface area contributed by atoms with Gasteiger partial charge >= 0.3 is 5.97 Å². The van der Waals surface area contributed by atoms with Crippen molar-refractivity contribution in [3.8, 4) is 5.75 Å². The molecule has 0 radical (unpaired) electrons. The SMILES string of the molecule is Cn1nc(C(=O)OCc2cc([N+](=O)[O-])cc3c2OCOC3)ccc1=O.